The van der Waals surface area contributed by atoms with Gasteiger partial charge in [0.1, 0.15) is 10.8 Å². The maximum atomic E-state index is 5.20. The van der Waals surface area contributed by atoms with Gasteiger partial charge < -0.3 is 4.52 Å². The van der Waals surface area contributed by atoms with Crippen LogP contribution in [0.15, 0.2) is 4.52 Å². The van der Waals surface area contributed by atoms with Gasteiger partial charge in [0.15, 0.2) is 5.82 Å². The second-order valence-electron chi connectivity index (χ2n) is 5.71. The highest BCUT2D eigenvalue weighted by Gasteiger charge is 2.14. The number of rotatable bonds is 5. The fraction of sp³-hybridized carbons (Fsp3) is 0.571. The first-order valence-electron chi connectivity index (χ1n) is 7.16. The molecule has 0 radical (unpaired) electrons. The molecule has 3 aromatic heterocycles. The van der Waals surface area contributed by atoms with Gasteiger partial charge in [0.2, 0.25) is 4.96 Å². The van der Waals surface area contributed by atoms with Crippen LogP contribution in [0, 0.1) is 19.8 Å². The number of hydrogen-bond acceptors (Lipinski definition) is 6. The van der Waals surface area contributed by atoms with E-state index in [2.05, 4.69) is 34.3 Å². The number of hydrogen-bond donors (Lipinski definition) is 0. The van der Waals surface area contributed by atoms with Gasteiger partial charge in [-0.15, -0.1) is 10.2 Å². The van der Waals surface area contributed by atoms with Crippen molar-refractivity contribution in [2.45, 2.75) is 47.0 Å². The first-order valence-corrected chi connectivity index (χ1v) is 7.98. The lowest BCUT2D eigenvalue weighted by molar-refractivity contribution is 0.392. The first kappa shape index (κ1) is 14.2. The lowest BCUT2D eigenvalue weighted by Gasteiger charge is -2.00. The van der Waals surface area contributed by atoms with Gasteiger partial charge in [-0.2, -0.15) is 9.61 Å². The molecular formula is C14H19N5OS. The molecule has 6 nitrogen and oxygen atoms in total. The molecule has 0 atom stereocenters. The molecule has 0 aliphatic carbocycles. The Hall–Kier alpha value is -1.76. The van der Waals surface area contributed by atoms with Gasteiger partial charge in [-0.1, -0.05) is 30.3 Å². The summed E-state index contributed by atoms with van der Waals surface area (Å²) in [6, 6.07) is 0. The van der Waals surface area contributed by atoms with E-state index in [-0.39, 0.29) is 0 Å². The molecule has 0 unspecified atom stereocenters. The molecule has 0 aliphatic rings. The Balaban J connectivity index is 1.77. The summed E-state index contributed by atoms with van der Waals surface area (Å²) >= 11 is 1.61. The van der Waals surface area contributed by atoms with Crippen molar-refractivity contribution in [1.82, 2.24) is 25.0 Å². The highest BCUT2D eigenvalue weighted by Crippen LogP contribution is 2.19. The standard InChI is InChI=1S/C14H19N5OS/c1-8(2)7-12-15-16-14-19(12)17-13(21-14)6-5-11-9(3)18-20-10(11)4/h8H,5-7H2,1-4H3. The zero-order valence-corrected chi connectivity index (χ0v) is 13.6. The smallest absolute Gasteiger partial charge is 0.234 e. The molecular weight excluding hydrogens is 286 g/mol. The third kappa shape index (κ3) is 2.83. The van der Waals surface area contributed by atoms with Crippen molar-refractivity contribution in [3.05, 3.63) is 27.8 Å². The number of aromatic nitrogens is 5. The number of fused-ring (bicyclic) bond motifs is 1. The highest BCUT2D eigenvalue weighted by molar-refractivity contribution is 7.16. The van der Waals surface area contributed by atoms with E-state index in [9.17, 15) is 0 Å². The zero-order chi connectivity index (χ0) is 15.0. The minimum atomic E-state index is 0.546. The summed E-state index contributed by atoms with van der Waals surface area (Å²) in [6.45, 7) is 8.28. The summed E-state index contributed by atoms with van der Waals surface area (Å²) in [5.74, 6) is 2.39. The van der Waals surface area contributed by atoms with Gasteiger partial charge in [0.05, 0.1) is 5.69 Å². The third-order valence-corrected chi connectivity index (χ3v) is 4.42. The van der Waals surface area contributed by atoms with E-state index in [1.165, 1.54) is 5.56 Å². The van der Waals surface area contributed by atoms with Gasteiger partial charge in [-0.25, -0.2) is 0 Å². The van der Waals surface area contributed by atoms with E-state index in [0.717, 1.165) is 46.5 Å². The fourth-order valence-corrected chi connectivity index (χ4v) is 3.23. The van der Waals surface area contributed by atoms with E-state index in [4.69, 9.17) is 4.52 Å². The quantitative estimate of drug-likeness (QED) is 0.725. The molecule has 0 bridgehead atoms. The lowest BCUT2D eigenvalue weighted by atomic mass is 10.1. The molecule has 0 spiro atoms. The highest BCUT2D eigenvalue weighted by atomic mass is 32.1. The minimum Gasteiger partial charge on any atom is -0.361 e. The molecule has 0 aromatic carbocycles. The van der Waals surface area contributed by atoms with Gasteiger partial charge in [0, 0.05) is 18.4 Å². The topological polar surface area (TPSA) is 69.1 Å². The third-order valence-electron chi connectivity index (χ3n) is 3.46. The van der Waals surface area contributed by atoms with E-state index >= 15 is 0 Å². The Morgan fingerprint density at radius 1 is 1.19 bits per heavy atom. The molecule has 7 heteroatoms. The molecule has 0 saturated heterocycles. The van der Waals surface area contributed by atoms with Crippen LogP contribution in [-0.2, 0) is 19.3 Å². The van der Waals surface area contributed by atoms with Crippen molar-refractivity contribution < 1.29 is 4.52 Å². The monoisotopic (exact) mass is 305 g/mol. The number of aryl methyl sites for hydroxylation is 3. The van der Waals surface area contributed by atoms with Crippen LogP contribution in [0.5, 0.6) is 0 Å². The van der Waals surface area contributed by atoms with Crippen molar-refractivity contribution in [3.8, 4) is 0 Å². The molecule has 0 aliphatic heterocycles. The van der Waals surface area contributed by atoms with E-state index in [1.807, 2.05) is 18.4 Å². The Morgan fingerprint density at radius 2 is 2.00 bits per heavy atom. The van der Waals surface area contributed by atoms with Gasteiger partial charge in [0.25, 0.3) is 0 Å². The van der Waals surface area contributed by atoms with Crippen LogP contribution >= 0.6 is 11.3 Å². The average Bonchev–Trinajstić information content (AvgIpc) is 3.06. The number of nitrogens with zero attached hydrogens (tertiary/aromatic N) is 5. The van der Waals surface area contributed by atoms with Crippen LogP contribution in [0.1, 0.15) is 41.7 Å². The van der Waals surface area contributed by atoms with Gasteiger partial charge >= 0.3 is 0 Å². The lowest BCUT2D eigenvalue weighted by Crippen LogP contribution is -2.02. The summed E-state index contributed by atoms with van der Waals surface area (Å²) in [7, 11) is 0. The molecule has 0 N–H and O–H groups in total. The molecule has 0 saturated carbocycles. The zero-order valence-electron chi connectivity index (χ0n) is 12.8. The summed E-state index contributed by atoms with van der Waals surface area (Å²) in [6.07, 6.45) is 2.66. The van der Waals surface area contributed by atoms with Crippen molar-refractivity contribution in [2.75, 3.05) is 0 Å². The Morgan fingerprint density at radius 3 is 2.67 bits per heavy atom. The van der Waals surface area contributed by atoms with E-state index in [0.29, 0.717) is 5.92 Å². The van der Waals surface area contributed by atoms with Gasteiger partial charge in [-0.3, -0.25) is 0 Å². The minimum absolute atomic E-state index is 0.546. The molecule has 112 valence electrons. The molecule has 0 fully saturated rings. The van der Waals surface area contributed by atoms with Crippen LogP contribution in [0.25, 0.3) is 4.96 Å². The molecule has 0 amide bonds. The predicted octanol–water partition coefficient (Wildman–Crippen LogP) is 2.77. The second kappa shape index (κ2) is 5.55. The fourth-order valence-electron chi connectivity index (χ4n) is 2.38. The summed E-state index contributed by atoms with van der Waals surface area (Å²) in [5.41, 5.74) is 2.15. The van der Waals surface area contributed by atoms with Crippen molar-refractivity contribution in [1.29, 1.82) is 0 Å². The summed E-state index contributed by atoms with van der Waals surface area (Å²) in [5, 5.41) is 18.1. The Bertz CT molecular complexity index is 735. The van der Waals surface area contributed by atoms with Crippen LogP contribution in [-0.4, -0.2) is 25.0 Å². The molecule has 3 rings (SSSR count). The Kier molecular flexibility index (Phi) is 3.75. The molecule has 21 heavy (non-hydrogen) atoms. The van der Waals surface area contributed by atoms with Crippen LogP contribution in [0.4, 0.5) is 0 Å². The first-order chi connectivity index (χ1) is 10.0. The maximum absolute atomic E-state index is 5.20. The van der Waals surface area contributed by atoms with Crippen LogP contribution in [0.3, 0.4) is 0 Å². The summed E-state index contributed by atoms with van der Waals surface area (Å²) in [4.78, 5) is 0.874. The SMILES string of the molecule is Cc1noc(C)c1CCc1nn2c(CC(C)C)nnc2s1. The largest absolute Gasteiger partial charge is 0.361 e. The maximum Gasteiger partial charge on any atom is 0.234 e. The average molecular weight is 305 g/mol. The van der Waals surface area contributed by atoms with Gasteiger partial charge in [-0.05, 0) is 26.2 Å². The van der Waals surface area contributed by atoms with Crippen LogP contribution in [0.2, 0.25) is 0 Å². The molecule has 3 aromatic rings. The van der Waals surface area contributed by atoms with E-state index < -0.39 is 0 Å². The second-order valence-corrected chi connectivity index (χ2v) is 6.75. The van der Waals surface area contributed by atoms with Crippen molar-refractivity contribution in [2.24, 2.45) is 5.92 Å². The summed E-state index contributed by atoms with van der Waals surface area (Å²) < 4.78 is 7.08. The predicted molar refractivity (Wildman–Crippen MR) is 80.6 cm³/mol. The van der Waals surface area contributed by atoms with Crippen LogP contribution < -0.4 is 0 Å². The Labute approximate surface area is 127 Å². The van der Waals surface area contributed by atoms with Crippen molar-refractivity contribution >= 4 is 16.3 Å². The molecule has 3 heterocycles. The van der Waals surface area contributed by atoms with E-state index in [1.54, 1.807) is 11.3 Å². The normalized spacial score (nSPS) is 11.9. The van der Waals surface area contributed by atoms with Crippen molar-refractivity contribution in [3.63, 3.8) is 0 Å².